The lowest BCUT2D eigenvalue weighted by molar-refractivity contribution is -0.143. The molecule has 0 unspecified atom stereocenters. The maximum atomic E-state index is 11.9. The van der Waals surface area contributed by atoms with Crippen LogP contribution in [0.2, 0.25) is 0 Å². The Kier molecular flexibility index (Phi) is 6.78. The predicted molar refractivity (Wildman–Crippen MR) is 78.3 cm³/mol. The van der Waals surface area contributed by atoms with Crippen LogP contribution < -0.4 is 0 Å². The van der Waals surface area contributed by atoms with Gasteiger partial charge in [-0.05, 0) is 38.3 Å². The van der Waals surface area contributed by atoms with Crippen molar-refractivity contribution in [1.82, 2.24) is 0 Å². The summed E-state index contributed by atoms with van der Waals surface area (Å²) in [5.41, 5.74) is 1.83. The number of hydrogen-bond donors (Lipinski definition) is 0. The Bertz CT molecular complexity index is 455. The summed E-state index contributed by atoms with van der Waals surface area (Å²) in [4.78, 5) is 23.1. The lowest BCUT2D eigenvalue weighted by Crippen LogP contribution is -2.04. The number of hydrogen-bond acceptors (Lipinski definition) is 3. The van der Waals surface area contributed by atoms with Gasteiger partial charge in [0.2, 0.25) is 0 Å². The van der Waals surface area contributed by atoms with Crippen molar-refractivity contribution in [1.29, 1.82) is 0 Å². The van der Waals surface area contributed by atoms with Crippen molar-refractivity contribution in [2.45, 2.75) is 39.5 Å². The minimum atomic E-state index is -0.187. The highest BCUT2D eigenvalue weighted by Crippen LogP contribution is 2.19. The van der Waals surface area contributed by atoms with E-state index in [0.717, 1.165) is 10.0 Å². The van der Waals surface area contributed by atoms with Crippen molar-refractivity contribution < 1.29 is 14.3 Å². The number of unbranched alkanes of at least 4 members (excludes halogenated alkanes) is 1. The molecule has 0 amide bonds. The zero-order chi connectivity index (χ0) is 14.3. The van der Waals surface area contributed by atoms with Crippen LogP contribution in [0.3, 0.4) is 0 Å². The summed E-state index contributed by atoms with van der Waals surface area (Å²) in [5.74, 6) is -0.0717. The van der Waals surface area contributed by atoms with Crippen molar-refractivity contribution in [3.63, 3.8) is 0 Å². The Hall–Kier alpha value is -1.16. The number of carbonyl (C=O) groups excluding carboxylic acids is 2. The second kappa shape index (κ2) is 8.10. The summed E-state index contributed by atoms with van der Waals surface area (Å²) < 4.78 is 5.78. The fourth-order valence-corrected chi connectivity index (χ4v) is 2.08. The van der Waals surface area contributed by atoms with Crippen molar-refractivity contribution in [2.24, 2.45) is 0 Å². The van der Waals surface area contributed by atoms with E-state index in [1.54, 1.807) is 6.92 Å². The summed E-state index contributed by atoms with van der Waals surface area (Å²) in [6.45, 7) is 4.18. The molecule has 0 radical (unpaired) electrons. The molecule has 0 aliphatic carbocycles. The van der Waals surface area contributed by atoms with E-state index in [-0.39, 0.29) is 11.8 Å². The van der Waals surface area contributed by atoms with E-state index in [2.05, 4.69) is 15.9 Å². The van der Waals surface area contributed by atoms with E-state index >= 15 is 0 Å². The fourth-order valence-electron chi connectivity index (χ4n) is 1.70. The van der Waals surface area contributed by atoms with Crippen LogP contribution in [-0.2, 0) is 9.53 Å². The van der Waals surface area contributed by atoms with Crippen LogP contribution in [0, 0.1) is 6.92 Å². The van der Waals surface area contributed by atoms with Crippen LogP contribution in [-0.4, -0.2) is 18.4 Å². The number of carbonyl (C=O) groups is 2. The number of halogens is 1. The second-order valence-corrected chi connectivity index (χ2v) is 5.25. The first-order chi connectivity index (χ1) is 9.04. The van der Waals surface area contributed by atoms with Gasteiger partial charge in [-0.15, -0.1) is 0 Å². The third-order valence-electron chi connectivity index (χ3n) is 2.83. The molecular weight excluding hydrogens is 308 g/mol. The van der Waals surface area contributed by atoms with Crippen LogP contribution in [0.5, 0.6) is 0 Å². The Morgan fingerprint density at radius 2 is 1.89 bits per heavy atom. The minimum Gasteiger partial charge on any atom is -0.466 e. The molecule has 0 spiro atoms. The molecule has 1 rings (SSSR count). The Balaban J connectivity index is 2.35. The molecule has 0 aliphatic heterocycles. The second-order valence-electron chi connectivity index (χ2n) is 4.40. The zero-order valence-electron chi connectivity index (χ0n) is 11.4. The summed E-state index contributed by atoms with van der Waals surface area (Å²) in [5, 5.41) is 0. The fraction of sp³-hybridized carbons (Fsp3) is 0.467. The van der Waals surface area contributed by atoms with Crippen LogP contribution in [0.25, 0.3) is 0 Å². The highest BCUT2D eigenvalue weighted by atomic mass is 79.9. The number of ether oxygens (including phenoxy) is 1. The van der Waals surface area contributed by atoms with Gasteiger partial charge in [-0.2, -0.15) is 0 Å². The molecule has 1 aromatic rings. The lowest BCUT2D eigenvalue weighted by atomic mass is 10.0. The first-order valence-corrected chi connectivity index (χ1v) is 7.29. The third kappa shape index (κ3) is 5.55. The monoisotopic (exact) mass is 326 g/mol. The number of esters is 1. The van der Waals surface area contributed by atoms with Crippen molar-refractivity contribution in [2.75, 3.05) is 6.61 Å². The van der Waals surface area contributed by atoms with E-state index in [0.29, 0.717) is 37.9 Å². The molecule has 0 N–H and O–H groups in total. The van der Waals surface area contributed by atoms with Crippen LogP contribution in [0.1, 0.15) is 48.5 Å². The maximum Gasteiger partial charge on any atom is 0.305 e. The highest BCUT2D eigenvalue weighted by Gasteiger charge is 2.08. The molecule has 0 fully saturated rings. The van der Waals surface area contributed by atoms with Gasteiger partial charge in [-0.25, -0.2) is 0 Å². The molecule has 0 saturated carbocycles. The van der Waals surface area contributed by atoms with Crippen LogP contribution >= 0.6 is 15.9 Å². The number of rotatable bonds is 7. The summed E-state index contributed by atoms with van der Waals surface area (Å²) in [6, 6.07) is 5.62. The molecular formula is C15H19BrO3. The average Bonchev–Trinajstić information content (AvgIpc) is 2.38. The molecule has 3 nitrogen and oxygen atoms in total. The quantitative estimate of drug-likeness (QED) is 0.431. The number of aryl methyl sites for hydroxylation is 1. The van der Waals surface area contributed by atoms with Gasteiger partial charge in [-0.1, -0.05) is 28.1 Å². The summed E-state index contributed by atoms with van der Waals surface area (Å²) in [6.07, 6.45) is 2.26. The SMILES string of the molecule is CCOC(=O)CCCCC(=O)c1ccc(C)c(Br)c1. The van der Waals surface area contributed by atoms with Crippen molar-refractivity contribution in [3.05, 3.63) is 33.8 Å². The molecule has 0 atom stereocenters. The van der Waals surface area contributed by atoms with Crippen molar-refractivity contribution >= 4 is 27.7 Å². The Labute approximate surface area is 122 Å². The number of benzene rings is 1. The molecule has 0 saturated heterocycles. The Morgan fingerprint density at radius 3 is 2.53 bits per heavy atom. The van der Waals surface area contributed by atoms with E-state index in [1.165, 1.54) is 0 Å². The van der Waals surface area contributed by atoms with Gasteiger partial charge in [0.15, 0.2) is 5.78 Å². The molecule has 104 valence electrons. The molecule has 0 aliphatic rings. The van der Waals surface area contributed by atoms with Gasteiger partial charge in [0.25, 0.3) is 0 Å². The largest absolute Gasteiger partial charge is 0.466 e. The first-order valence-electron chi connectivity index (χ1n) is 6.49. The average molecular weight is 327 g/mol. The number of ketones is 1. The summed E-state index contributed by atoms with van der Waals surface area (Å²) in [7, 11) is 0. The van der Waals surface area contributed by atoms with E-state index in [9.17, 15) is 9.59 Å². The maximum absolute atomic E-state index is 11.9. The molecule has 0 aromatic heterocycles. The lowest BCUT2D eigenvalue weighted by Gasteiger charge is -2.04. The normalized spacial score (nSPS) is 10.3. The first kappa shape index (κ1) is 15.9. The third-order valence-corrected chi connectivity index (χ3v) is 3.69. The highest BCUT2D eigenvalue weighted by molar-refractivity contribution is 9.10. The van der Waals surface area contributed by atoms with Crippen LogP contribution in [0.4, 0.5) is 0 Å². The molecule has 4 heteroatoms. The zero-order valence-corrected chi connectivity index (χ0v) is 13.0. The molecule has 1 aromatic carbocycles. The molecule has 19 heavy (non-hydrogen) atoms. The van der Waals surface area contributed by atoms with E-state index < -0.39 is 0 Å². The van der Waals surface area contributed by atoms with Gasteiger partial charge in [0.05, 0.1) is 6.61 Å². The minimum absolute atomic E-state index is 0.115. The van der Waals surface area contributed by atoms with Crippen LogP contribution in [0.15, 0.2) is 22.7 Å². The predicted octanol–water partition coefficient (Wildman–Crippen LogP) is 4.06. The smallest absolute Gasteiger partial charge is 0.305 e. The Morgan fingerprint density at radius 1 is 1.21 bits per heavy atom. The van der Waals surface area contributed by atoms with Gasteiger partial charge in [0.1, 0.15) is 0 Å². The van der Waals surface area contributed by atoms with Gasteiger partial charge >= 0.3 is 5.97 Å². The molecule has 0 heterocycles. The summed E-state index contributed by atoms with van der Waals surface area (Å²) >= 11 is 3.42. The standard InChI is InChI=1S/C15H19BrO3/c1-3-19-15(18)7-5-4-6-14(17)12-9-8-11(2)13(16)10-12/h8-10H,3-7H2,1-2H3. The molecule has 0 bridgehead atoms. The van der Waals surface area contributed by atoms with Gasteiger partial charge in [0, 0.05) is 22.9 Å². The topological polar surface area (TPSA) is 43.4 Å². The number of Topliss-reactive ketones (excluding diaryl/α,β-unsaturated/α-hetero) is 1. The van der Waals surface area contributed by atoms with E-state index in [4.69, 9.17) is 4.74 Å². The van der Waals surface area contributed by atoms with Gasteiger partial charge < -0.3 is 4.74 Å². The van der Waals surface area contributed by atoms with E-state index in [1.807, 2.05) is 25.1 Å². The van der Waals surface area contributed by atoms with Crippen molar-refractivity contribution in [3.8, 4) is 0 Å². The van der Waals surface area contributed by atoms with Gasteiger partial charge in [-0.3, -0.25) is 9.59 Å².